The number of carbonyl (C=O) groups is 2. The van der Waals surface area contributed by atoms with Gasteiger partial charge in [-0.05, 0) is 54.7 Å². The van der Waals surface area contributed by atoms with E-state index < -0.39 is 0 Å². The maximum Gasteiger partial charge on any atom is 0.230 e. The molecule has 2 aliphatic rings. The maximum atomic E-state index is 12.4. The van der Waals surface area contributed by atoms with Gasteiger partial charge in [0.1, 0.15) is 5.75 Å². The summed E-state index contributed by atoms with van der Waals surface area (Å²) in [4.78, 5) is 26.7. The average Bonchev–Trinajstić information content (AvgIpc) is 3.41. The molecule has 1 heterocycles. The normalized spacial score (nSPS) is 15.5. The maximum absolute atomic E-state index is 12.4. The van der Waals surface area contributed by atoms with Crippen molar-refractivity contribution >= 4 is 23.2 Å². The molecule has 0 bridgehead atoms. The van der Waals surface area contributed by atoms with E-state index in [2.05, 4.69) is 5.32 Å². The van der Waals surface area contributed by atoms with Crippen LogP contribution in [0.2, 0.25) is 0 Å². The van der Waals surface area contributed by atoms with Crippen LogP contribution in [0.4, 0.5) is 11.4 Å². The highest BCUT2D eigenvalue weighted by Gasteiger charge is 2.36. The molecule has 1 aliphatic heterocycles. The van der Waals surface area contributed by atoms with Crippen LogP contribution in [-0.2, 0) is 22.4 Å². The summed E-state index contributed by atoms with van der Waals surface area (Å²) in [7, 11) is 1.61. The average molecular weight is 350 g/mol. The Kier molecular flexibility index (Phi) is 4.37. The van der Waals surface area contributed by atoms with E-state index in [0.717, 1.165) is 48.5 Å². The second-order valence-corrected chi connectivity index (χ2v) is 6.93. The number of nitrogens with one attached hydrogen (secondary N) is 1. The van der Waals surface area contributed by atoms with E-state index >= 15 is 0 Å². The fourth-order valence-electron chi connectivity index (χ4n) is 3.41. The third kappa shape index (κ3) is 3.43. The molecule has 1 saturated carbocycles. The Balaban J connectivity index is 1.46. The van der Waals surface area contributed by atoms with Crippen molar-refractivity contribution < 1.29 is 14.3 Å². The summed E-state index contributed by atoms with van der Waals surface area (Å²) in [6.45, 7) is 0.742. The van der Waals surface area contributed by atoms with Crippen LogP contribution in [0.1, 0.15) is 24.0 Å². The van der Waals surface area contributed by atoms with E-state index in [-0.39, 0.29) is 24.2 Å². The third-order valence-electron chi connectivity index (χ3n) is 4.96. The van der Waals surface area contributed by atoms with Crippen LogP contribution in [0.3, 0.4) is 0 Å². The van der Waals surface area contributed by atoms with Crippen LogP contribution >= 0.6 is 0 Å². The highest BCUT2D eigenvalue weighted by Crippen LogP contribution is 2.37. The molecule has 0 atom stereocenters. The van der Waals surface area contributed by atoms with Crippen LogP contribution in [-0.4, -0.2) is 25.5 Å². The van der Waals surface area contributed by atoms with Crippen molar-refractivity contribution in [1.82, 2.24) is 0 Å². The van der Waals surface area contributed by atoms with Crippen LogP contribution in [0.15, 0.2) is 42.5 Å². The summed E-state index contributed by atoms with van der Waals surface area (Å²) in [5.74, 6) is 1.08. The Morgan fingerprint density at radius 1 is 1.19 bits per heavy atom. The molecule has 134 valence electrons. The predicted molar refractivity (Wildman–Crippen MR) is 101 cm³/mol. The zero-order chi connectivity index (χ0) is 18.1. The molecule has 1 fully saturated rings. The standard InChI is InChI=1S/C21H22N2O3/c1-26-18-4-2-3-14(11-18)12-20(24)22-17-8-7-15-9-10-23(19(15)13-17)21(25)16-5-6-16/h2-4,7-8,11,13,16H,5-6,9-10,12H2,1H3,(H,22,24). The van der Waals surface area contributed by atoms with Crippen molar-refractivity contribution in [2.24, 2.45) is 5.92 Å². The Morgan fingerprint density at radius 3 is 2.81 bits per heavy atom. The number of ether oxygens (including phenoxy) is 1. The van der Waals surface area contributed by atoms with Crippen LogP contribution in [0.5, 0.6) is 5.75 Å². The van der Waals surface area contributed by atoms with E-state index in [9.17, 15) is 9.59 Å². The number of nitrogens with zero attached hydrogens (tertiary/aromatic N) is 1. The Morgan fingerprint density at radius 2 is 2.04 bits per heavy atom. The van der Waals surface area contributed by atoms with Gasteiger partial charge in [-0.25, -0.2) is 0 Å². The first kappa shape index (κ1) is 16.6. The zero-order valence-corrected chi connectivity index (χ0v) is 14.8. The van der Waals surface area contributed by atoms with E-state index in [0.29, 0.717) is 0 Å². The highest BCUT2D eigenvalue weighted by molar-refractivity contribution is 6.00. The first-order valence-electron chi connectivity index (χ1n) is 9.01. The number of carbonyl (C=O) groups excluding carboxylic acids is 2. The van der Waals surface area contributed by atoms with Crippen molar-refractivity contribution in [3.05, 3.63) is 53.6 Å². The smallest absolute Gasteiger partial charge is 0.230 e. The largest absolute Gasteiger partial charge is 0.497 e. The van der Waals surface area contributed by atoms with Crippen molar-refractivity contribution in [3.63, 3.8) is 0 Å². The molecule has 2 amide bonds. The Hall–Kier alpha value is -2.82. The van der Waals surface area contributed by atoms with E-state index in [4.69, 9.17) is 4.74 Å². The van der Waals surface area contributed by atoms with Gasteiger partial charge in [0, 0.05) is 23.8 Å². The lowest BCUT2D eigenvalue weighted by Crippen LogP contribution is -2.30. The predicted octanol–water partition coefficient (Wildman–Crippen LogP) is 3.18. The number of methoxy groups -OCH3 is 1. The van der Waals surface area contributed by atoms with Crippen molar-refractivity contribution in [3.8, 4) is 5.75 Å². The first-order valence-corrected chi connectivity index (χ1v) is 9.01. The van der Waals surface area contributed by atoms with Crippen molar-refractivity contribution in [2.45, 2.75) is 25.7 Å². The fourth-order valence-corrected chi connectivity index (χ4v) is 3.41. The molecule has 26 heavy (non-hydrogen) atoms. The number of hydrogen-bond acceptors (Lipinski definition) is 3. The topological polar surface area (TPSA) is 58.6 Å². The van der Waals surface area contributed by atoms with E-state index in [1.165, 1.54) is 5.56 Å². The summed E-state index contributed by atoms with van der Waals surface area (Å²) in [6, 6.07) is 13.3. The van der Waals surface area contributed by atoms with Gasteiger partial charge in [-0.3, -0.25) is 9.59 Å². The molecule has 1 aliphatic carbocycles. The van der Waals surface area contributed by atoms with E-state index in [1.807, 2.05) is 47.4 Å². The second kappa shape index (κ2) is 6.83. The Labute approximate surface area is 153 Å². The van der Waals surface area contributed by atoms with Gasteiger partial charge in [-0.15, -0.1) is 0 Å². The molecule has 1 N–H and O–H groups in total. The zero-order valence-electron chi connectivity index (χ0n) is 14.8. The van der Waals surface area contributed by atoms with Gasteiger partial charge < -0.3 is 15.0 Å². The molecule has 2 aromatic rings. The Bertz CT molecular complexity index is 858. The van der Waals surface area contributed by atoms with Crippen molar-refractivity contribution in [2.75, 3.05) is 23.9 Å². The summed E-state index contributed by atoms with van der Waals surface area (Å²) in [5, 5.41) is 2.94. The van der Waals surface area contributed by atoms with Gasteiger partial charge >= 0.3 is 0 Å². The fraction of sp³-hybridized carbons (Fsp3) is 0.333. The first-order chi connectivity index (χ1) is 12.6. The summed E-state index contributed by atoms with van der Waals surface area (Å²) in [5.41, 5.74) is 3.74. The monoisotopic (exact) mass is 350 g/mol. The van der Waals surface area contributed by atoms with Crippen LogP contribution in [0, 0.1) is 5.92 Å². The lowest BCUT2D eigenvalue weighted by Gasteiger charge is -2.18. The molecule has 5 nitrogen and oxygen atoms in total. The lowest BCUT2D eigenvalue weighted by atomic mass is 10.1. The van der Waals surface area contributed by atoms with Crippen molar-refractivity contribution in [1.29, 1.82) is 0 Å². The van der Waals surface area contributed by atoms with Gasteiger partial charge in [-0.1, -0.05) is 18.2 Å². The van der Waals surface area contributed by atoms with Gasteiger partial charge in [0.25, 0.3) is 0 Å². The number of amides is 2. The highest BCUT2D eigenvalue weighted by atomic mass is 16.5. The summed E-state index contributed by atoms with van der Waals surface area (Å²) < 4.78 is 5.19. The molecule has 0 aromatic heterocycles. The quantitative estimate of drug-likeness (QED) is 0.901. The molecule has 0 radical (unpaired) electrons. The number of hydrogen-bond donors (Lipinski definition) is 1. The van der Waals surface area contributed by atoms with Gasteiger partial charge in [0.15, 0.2) is 0 Å². The van der Waals surface area contributed by atoms with Crippen LogP contribution in [0.25, 0.3) is 0 Å². The number of fused-ring (bicyclic) bond motifs is 1. The minimum atomic E-state index is -0.0868. The molecule has 0 saturated heterocycles. The van der Waals surface area contributed by atoms with Crippen LogP contribution < -0.4 is 15.0 Å². The number of rotatable bonds is 5. The second-order valence-electron chi connectivity index (χ2n) is 6.93. The third-order valence-corrected chi connectivity index (χ3v) is 4.96. The lowest BCUT2D eigenvalue weighted by molar-refractivity contribution is -0.119. The summed E-state index contributed by atoms with van der Waals surface area (Å²) in [6.07, 6.45) is 3.16. The molecule has 0 unspecified atom stereocenters. The SMILES string of the molecule is COc1cccc(CC(=O)Nc2ccc3c(c2)N(C(=O)C2CC2)CC3)c1. The molecule has 0 spiro atoms. The molecular formula is C21H22N2O3. The molecule has 5 heteroatoms. The molecule has 2 aromatic carbocycles. The molecule has 4 rings (SSSR count). The number of anilines is 2. The summed E-state index contributed by atoms with van der Waals surface area (Å²) >= 11 is 0. The van der Waals surface area contributed by atoms with Gasteiger partial charge in [0.2, 0.25) is 11.8 Å². The number of benzene rings is 2. The minimum absolute atomic E-state index is 0.0868. The van der Waals surface area contributed by atoms with E-state index in [1.54, 1.807) is 7.11 Å². The molecular weight excluding hydrogens is 328 g/mol. The van der Waals surface area contributed by atoms with Gasteiger partial charge in [-0.2, -0.15) is 0 Å². The van der Waals surface area contributed by atoms with Gasteiger partial charge in [0.05, 0.1) is 13.5 Å². The minimum Gasteiger partial charge on any atom is -0.497 e.